The second kappa shape index (κ2) is 9.47. The van der Waals surface area contributed by atoms with Crippen LogP contribution in [0, 0.1) is 0 Å². The van der Waals surface area contributed by atoms with Gasteiger partial charge in [0.15, 0.2) is 0 Å². The van der Waals surface area contributed by atoms with Crippen LogP contribution < -0.4 is 5.73 Å². The molecule has 2 rings (SSSR count). The van der Waals surface area contributed by atoms with E-state index in [1.807, 2.05) is 6.07 Å². The number of nitrogens with two attached hydrogens (primary N) is 1. The van der Waals surface area contributed by atoms with E-state index in [0.717, 1.165) is 24.9 Å². The molecule has 0 atom stereocenters. The van der Waals surface area contributed by atoms with E-state index in [4.69, 9.17) is 15.9 Å². The summed E-state index contributed by atoms with van der Waals surface area (Å²) < 4.78 is 0. The second-order valence-electron chi connectivity index (χ2n) is 5.49. The van der Waals surface area contributed by atoms with Crippen LogP contribution in [0.4, 0.5) is 5.69 Å². The first kappa shape index (κ1) is 20.2. The molecule has 0 aromatic heterocycles. The lowest BCUT2D eigenvalue weighted by Gasteiger charge is -2.13. The SMILES string of the molecule is CCc1ccc(N)c(CC)c1CC.O=C(O)c1ccccc1C(=O)O. The van der Waals surface area contributed by atoms with Crippen molar-refractivity contribution in [3.05, 3.63) is 64.2 Å². The Morgan fingerprint density at radius 2 is 1.28 bits per heavy atom. The van der Waals surface area contributed by atoms with Crippen molar-refractivity contribution in [3.8, 4) is 0 Å². The zero-order chi connectivity index (χ0) is 19.0. The first-order valence-electron chi connectivity index (χ1n) is 8.31. The summed E-state index contributed by atoms with van der Waals surface area (Å²) in [7, 11) is 0. The summed E-state index contributed by atoms with van der Waals surface area (Å²) in [5.41, 5.74) is 10.8. The van der Waals surface area contributed by atoms with Gasteiger partial charge in [-0.05, 0) is 54.2 Å². The minimum atomic E-state index is -1.23. The molecule has 0 spiro atoms. The van der Waals surface area contributed by atoms with Crippen LogP contribution in [0.25, 0.3) is 0 Å². The Morgan fingerprint density at radius 3 is 1.64 bits per heavy atom. The molecule has 0 fully saturated rings. The van der Waals surface area contributed by atoms with Crippen LogP contribution in [0.2, 0.25) is 0 Å². The molecule has 0 bridgehead atoms. The first-order valence-corrected chi connectivity index (χ1v) is 8.31. The van der Waals surface area contributed by atoms with E-state index in [0.29, 0.717) is 0 Å². The summed E-state index contributed by atoms with van der Waals surface area (Å²) in [6, 6.07) is 9.67. The zero-order valence-electron chi connectivity index (χ0n) is 14.9. The molecule has 134 valence electrons. The third kappa shape index (κ3) is 5.08. The highest BCUT2D eigenvalue weighted by Crippen LogP contribution is 2.23. The molecule has 0 unspecified atom stereocenters. The predicted molar refractivity (Wildman–Crippen MR) is 99.3 cm³/mol. The van der Waals surface area contributed by atoms with Crippen molar-refractivity contribution < 1.29 is 19.8 Å². The summed E-state index contributed by atoms with van der Waals surface area (Å²) in [4.78, 5) is 20.9. The summed E-state index contributed by atoms with van der Waals surface area (Å²) in [5, 5.41) is 17.1. The lowest BCUT2D eigenvalue weighted by molar-refractivity contribution is 0.0651. The van der Waals surface area contributed by atoms with E-state index in [1.54, 1.807) is 0 Å². The molecule has 0 aliphatic heterocycles. The molecule has 5 heteroatoms. The molecule has 0 saturated heterocycles. The Kier molecular flexibility index (Phi) is 7.66. The van der Waals surface area contributed by atoms with Crippen LogP contribution in [0.5, 0.6) is 0 Å². The van der Waals surface area contributed by atoms with Gasteiger partial charge in [0, 0.05) is 5.69 Å². The standard InChI is InChI=1S/C12H19N.C8H6O4/c1-4-9-7-8-12(13)11(6-3)10(9)5-2;9-7(10)5-3-1-2-4-6(5)8(11)12/h7-8H,4-6,13H2,1-3H3;1-4H,(H,9,10)(H,11,12). The number of aryl methyl sites for hydroxylation is 1. The van der Waals surface area contributed by atoms with Crippen LogP contribution in [-0.2, 0) is 19.3 Å². The van der Waals surface area contributed by atoms with Gasteiger partial charge in [-0.1, -0.05) is 39.0 Å². The summed E-state index contributed by atoms with van der Waals surface area (Å²) in [6.45, 7) is 6.57. The number of rotatable bonds is 5. The molecule has 0 aliphatic rings. The largest absolute Gasteiger partial charge is 0.478 e. The van der Waals surface area contributed by atoms with Gasteiger partial charge in [-0.25, -0.2) is 9.59 Å². The van der Waals surface area contributed by atoms with E-state index in [1.165, 1.54) is 41.0 Å². The van der Waals surface area contributed by atoms with E-state index in [2.05, 4.69) is 26.8 Å². The van der Waals surface area contributed by atoms with Gasteiger partial charge in [-0.2, -0.15) is 0 Å². The number of hydrogen-bond acceptors (Lipinski definition) is 3. The lowest BCUT2D eigenvalue weighted by Crippen LogP contribution is -2.06. The van der Waals surface area contributed by atoms with Crippen molar-refractivity contribution in [1.82, 2.24) is 0 Å². The molecule has 0 amide bonds. The van der Waals surface area contributed by atoms with E-state index in [-0.39, 0.29) is 11.1 Å². The van der Waals surface area contributed by atoms with Crippen molar-refractivity contribution in [2.75, 3.05) is 5.73 Å². The number of hydrogen-bond donors (Lipinski definition) is 3. The minimum Gasteiger partial charge on any atom is -0.478 e. The number of anilines is 1. The van der Waals surface area contributed by atoms with Crippen LogP contribution in [-0.4, -0.2) is 22.2 Å². The van der Waals surface area contributed by atoms with Gasteiger partial charge in [-0.15, -0.1) is 0 Å². The van der Waals surface area contributed by atoms with E-state index < -0.39 is 11.9 Å². The average Bonchev–Trinajstić information content (AvgIpc) is 2.61. The number of carbonyl (C=O) groups is 2. The second-order valence-corrected chi connectivity index (χ2v) is 5.49. The smallest absolute Gasteiger partial charge is 0.336 e. The molecule has 0 heterocycles. The molecule has 25 heavy (non-hydrogen) atoms. The van der Waals surface area contributed by atoms with Crippen LogP contribution in [0.15, 0.2) is 36.4 Å². The maximum absolute atomic E-state index is 10.5. The van der Waals surface area contributed by atoms with Gasteiger partial charge in [0.1, 0.15) is 0 Å². The van der Waals surface area contributed by atoms with Crippen LogP contribution in [0.3, 0.4) is 0 Å². The number of carboxylic acids is 2. The van der Waals surface area contributed by atoms with Crippen LogP contribution in [0.1, 0.15) is 58.2 Å². The highest BCUT2D eigenvalue weighted by Gasteiger charge is 2.13. The zero-order valence-corrected chi connectivity index (χ0v) is 14.9. The maximum atomic E-state index is 10.5. The highest BCUT2D eigenvalue weighted by molar-refractivity contribution is 6.01. The lowest BCUT2D eigenvalue weighted by atomic mass is 9.94. The quantitative estimate of drug-likeness (QED) is 0.711. The Labute approximate surface area is 148 Å². The van der Waals surface area contributed by atoms with E-state index in [9.17, 15) is 9.59 Å². The third-order valence-corrected chi connectivity index (χ3v) is 4.04. The Bertz CT molecular complexity index is 720. The molecular weight excluding hydrogens is 318 g/mol. The predicted octanol–water partition coefficient (Wildman–Crippen LogP) is 4.04. The average molecular weight is 343 g/mol. The van der Waals surface area contributed by atoms with Crippen molar-refractivity contribution in [2.45, 2.75) is 40.0 Å². The normalized spacial score (nSPS) is 9.88. The van der Waals surface area contributed by atoms with Gasteiger partial charge >= 0.3 is 11.9 Å². The Balaban J connectivity index is 0.000000251. The molecular formula is C20H25NO4. The third-order valence-electron chi connectivity index (χ3n) is 4.04. The van der Waals surface area contributed by atoms with Gasteiger partial charge in [-0.3, -0.25) is 0 Å². The topological polar surface area (TPSA) is 101 Å². The van der Waals surface area contributed by atoms with Crippen LogP contribution >= 0.6 is 0 Å². The summed E-state index contributed by atoms with van der Waals surface area (Å²) in [6.07, 6.45) is 3.25. The van der Waals surface area contributed by atoms with Gasteiger partial charge < -0.3 is 15.9 Å². The van der Waals surface area contributed by atoms with Gasteiger partial charge in [0.05, 0.1) is 11.1 Å². The summed E-state index contributed by atoms with van der Waals surface area (Å²) >= 11 is 0. The van der Waals surface area contributed by atoms with Crippen molar-refractivity contribution >= 4 is 17.6 Å². The fraction of sp³-hybridized carbons (Fsp3) is 0.300. The van der Waals surface area contributed by atoms with Crippen molar-refractivity contribution in [1.29, 1.82) is 0 Å². The Hall–Kier alpha value is -2.82. The molecule has 0 saturated carbocycles. The molecule has 2 aromatic carbocycles. The number of benzene rings is 2. The molecule has 0 radical (unpaired) electrons. The van der Waals surface area contributed by atoms with E-state index >= 15 is 0 Å². The van der Waals surface area contributed by atoms with Crippen molar-refractivity contribution in [2.24, 2.45) is 0 Å². The molecule has 0 aliphatic carbocycles. The number of aromatic carboxylic acids is 2. The first-order chi connectivity index (χ1) is 11.9. The molecule has 5 nitrogen and oxygen atoms in total. The van der Waals surface area contributed by atoms with Gasteiger partial charge in [0.2, 0.25) is 0 Å². The fourth-order valence-corrected chi connectivity index (χ4v) is 2.80. The molecule has 4 N–H and O–H groups in total. The number of nitrogen functional groups attached to an aromatic ring is 1. The Morgan fingerprint density at radius 1 is 0.800 bits per heavy atom. The van der Waals surface area contributed by atoms with Crippen molar-refractivity contribution in [3.63, 3.8) is 0 Å². The highest BCUT2D eigenvalue weighted by atomic mass is 16.4. The maximum Gasteiger partial charge on any atom is 0.336 e. The van der Waals surface area contributed by atoms with Gasteiger partial charge in [0.25, 0.3) is 0 Å². The minimum absolute atomic E-state index is 0.190. The molecule has 2 aromatic rings. The monoisotopic (exact) mass is 343 g/mol. The summed E-state index contributed by atoms with van der Waals surface area (Å²) in [5.74, 6) is -2.46. The number of carboxylic acid groups (broad SMARTS) is 2. The fourth-order valence-electron chi connectivity index (χ4n) is 2.80.